The van der Waals surface area contributed by atoms with E-state index < -0.39 is 0 Å². The van der Waals surface area contributed by atoms with Crippen LogP contribution in [0.25, 0.3) is 0 Å². The Morgan fingerprint density at radius 2 is 1.88 bits per heavy atom. The van der Waals surface area contributed by atoms with Gasteiger partial charge in [0.2, 0.25) is 5.88 Å². The van der Waals surface area contributed by atoms with E-state index in [0.29, 0.717) is 48.7 Å². The van der Waals surface area contributed by atoms with Crippen LogP contribution < -0.4 is 19.5 Å². The van der Waals surface area contributed by atoms with Gasteiger partial charge in [-0.1, -0.05) is 18.5 Å². The molecule has 0 unspecified atom stereocenters. The highest BCUT2D eigenvalue weighted by atomic mass is 35.5. The molecule has 0 aliphatic carbocycles. The summed E-state index contributed by atoms with van der Waals surface area (Å²) in [7, 11) is 1.61. The predicted molar refractivity (Wildman–Crippen MR) is 99.7 cm³/mol. The molecule has 0 bridgehead atoms. The van der Waals surface area contributed by atoms with Crippen LogP contribution in [-0.4, -0.2) is 25.3 Å². The van der Waals surface area contributed by atoms with E-state index in [1.807, 2.05) is 31.2 Å². The lowest BCUT2D eigenvalue weighted by Crippen LogP contribution is -2.13. The van der Waals surface area contributed by atoms with Gasteiger partial charge in [-0.3, -0.25) is 0 Å². The lowest BCUT2D eigenvalue weighted by atomic mass is 10.2. The van der Waals surface area contributed by atoms with Crippen LogP contribution in [0.4, 0.5) is 0 Å². The third-order valence-electron chi connectivity index (χ3n) is 3.49. The molecule has 5 nitrogen and oxygen atoms in total. The molecule has 0 amide bonds. The van der Waals surface area contributed by atoms with Crippen molar-refractivity contribution in [2.45, 2.75) is 33.4 Å². The van der Waals surface area contributed by atoms with Gasteiger partial charge in [-0.2, -0.15) is 0 Å². The summed E-state index contributed by atoms with van der Waals surface area (Å²) in [5.74, 6) is 1.91. The summed E-state index contributed by atoms with van der Waals surface area (Å²) in [4.78, 5) is 4.10. The number of halogens is 1. The minimum absolute atomic E-state index is 0.562. The molecule has 136 valence electrons. The summed E-state index contributed by atoms with van der Waals surface area (Å²) in [6.45, 7) is 6.54. The Kier molecular flexibility index (Phi) is 7.82. The molecule has 2 aromatic rings. The molecule has 2 rings (SSSR count). The van der Waals surface area contributed by atoms with E-state index in [0.717, 1.165) is 17.5 Å². The minimum Gasteiger partial charge on any atom is -0.490 e. The van der Waals surface area contributed by atoms with Crippen molar-refractivity contribution in [2.75, 3.05) is 20.3 Å². The second-order valence-corrected chi connectivity index (χ2v) is 5.90. The van der Waals surface area contributed by atoms with E-state index in [1.54, 1.807) is 13.3 Å². The van der Waals surface area contributed by atoms with Crippen LogP contribution in [0, 0.1) is 0 Å². The van der Waals surface area contributed by atoms with Gasteiger partial charge < -0.3 is 19.5 Å². The molecular weight excluding hydrogens is 340 g/mol. The Morgan fingerprint density at radius 3 is 2.60 bits per heavy atom. The van der Waals surface area contributed by atoms with Gasteiger partial charge in [0, 0.05) is 25.4 Å². The molecule has 0 saturated heterocycles. The number of rotatable bonds is 10. The molecule has 0 radical (unpaired) electrons. The Labute approximate surface area is 154 Å². The molecule has 1 aromatic heterocycles. The lowest BCUT2D eigenvalue weighted by molar-refractivity contribution is 0.277. The van der Waals surface area contributed by atoms with Gasteiger partial charge in [0.05, 0.1) is 25.3 Å². The van der Waals surface area contributed by atoms with E-state index in [9.17, 15) is 0 Å². The quantitative estimate of drug-likeness (QED) is 0.684. The second-order valence-electron chi connectivity index (χ2n) is 5.50. The highest BCUT2D eigenvalue weighted by Gasteiger charge is 2.12. The van der Waals surface area contributed by atoms with Crippen molar-refractivity contribution >= 4 is 11.6 Å². The number of benzene rings is 1. The number of hydrogen-bond acceptors (Lipinski definition) is 5. The van der Waals surface area contributed by atoms with E-state index in [2.05, 4.69) is 17.2 Å². The Balaban J connectivity index is 2.03. The van der Waals surface area contributed by atoms with Crippen LogP contribution in [-0.2, 0) is 13.1 Å². The zero-order chi connectivity index (χ0) is 18.1. The molecule has 0 spiro atoms. The van der Waals surface area contributed by atoms with Crippen molar-refractivity contribution in [2.24, 2.45) is 0 Å². The summed E-state index contributed by atoms with van der Waals surface area (Å²) in [5, 5.41) is 3.96. The maximum Gasteiger partial charge on any atom is 0.213 e. The first-order valence-corrected chi connectivity index (χ1v) is 8.83. The molecule has 0 aliphatic heterocycles. The number of ether oxygens (including phenoxy) is 3. The van der Waals surface area contributed by atoms with Crippen LogP contribution in [0.15, 0.2) is 30.5 Å². The average molecular weight is 365 g/mol. The highest BCUT2D eigenvalue weighted by molar-refractivity contribution is 6.32. The molecule has 6 heteroatoms. The molecule has 1 N–H and O–H groups in total. The van der Waals surface area contributed by atoms with Gasteiger partial charge in [-0.15, -0.1) is 0 Å². The van der Waals surface area contributed by atoms with Crippen molar-refractivity contribution in [3.8, 4) is 17.4 Å². The molecule has 0 aliphatic rings. The SMILES string of the molecule is CCCOc1c(Cl)cc(CNCc2ccnc(OC)c2)cc1OCC. The summed E-state index contributed by atoms with van der Waals surface area (Å²) >= 11 is 6.38. The molecule has 0 saturated carbocycles. The van der Waals surface area contributed by atoms with Crippen LogP contribution in [0.5, 0.6) is 17.4 Å². The van der Waals surface area contributed by atoms with Gasteiger partial charge in [-0.05, 0) is 42.7 Å². The monoisotopic (exact) mass is 364 g/mol. The molecule has 1 aromatic carbocycles. The maximum atomic E-state index is 6.38. The standard InChI is InChI=1S/C19H25ClN2O3/c1-4-8-25-19-16(20)9-15(10-17(19)24-5-2)13-21-12-14-6-7-22-18(11-14)23-3/h6-7,9-11,21H,4-5,8,12-13H2,1-3H3. The number of hydrogen-bond donors (Lipinski definition) is 1. The number of pyridine rings is 1. The van der Waals surface area contributed by atoms with E-state index in [1.165, 1.54) is 0 Å². The zero-order valence-electron chi connectivity index (χ0n) is 15.0. The van der Waals surface area contributed by atoms with Gasteiger partial charge >= 0.3 is 0 Å². The first kappa shape index (κ1) is 19.3. The Hall–Kier alpha value is -1.98. The van der Waals surface area contributed by atoms with E-state index >= 15 is 0 Å². The smallest absolute Gasteiger partial charge is 0.213 e. The number of methoxy groups -OCH3 is 1. The predicted octanol–water partition coefficient (Wildman–Crippen LogP) is 4.22. The second kappa shape index (κ2) is 10.1. The van der Waals surface area contributed by atoms with Crippen LogP contribution in [0.2, 0.25) is 5.02 Å². The van der Waals surface area contributed by atoms with Crippen molar-refractivity contribution in [1.82, 2.24) is 10.3 Å². The van der Waals surface area contributed by atoms with Crippen molar-refractivity contribution in [1.29, 1.82) is 0 Å². The number of nitrogens with one attached hydrogen (secondary N) is 1. The fraction of sp³-hybridized carbons (Fsp3) is 0.421. The lowest BCUT2D eigenvalue weighted by Gasteiger charge is -2.15. The molecule has 25 heavy (non-hydrogen) atoms. The third kappa shape index (κ3) is 5.80. The number of aromatic nitrogens is 1. The fourth-order valence-corrected chi connectivity index (χ4v) is 2.64. The highest BCUT2D eigenvalue weighted by Crippen LogP contribution is 2.36. The van der Waals surface area contributed by atoms with Crippen LogP contribution >= 0.6 is 11.6 Å². The van der Waals surface area contributed by atoms with Gasteiger partial charge in [0.1, 0.15) is 0 Å². The first-order chi connectivity index (χ1) is 12.2. The van der Waals surface area contributed by atoms with Gasteiger partial charge in [0.15, 0.2) is 11.5 Å². The topological polar surface area (TPSA) is 52.6 Å². The van der Waals surface area contributed by atoms with E-state index in [4.69, 9.17) is 25.8 Å². The van der Waals surface area contributed by atoms with Crippen molar-refractivity contribution in [3.05, 3.63) is 46.6 Å². The number of nitrogens with zero attached hydrogens (tertiary/aromatic N) is 1. The van der Waals surface area contributed by atoms with Crippen LogP contribution in [0.3, 0.4) is 0 Å². The summed E-state index contributed by atoms with van der Waals surface area (Å²) in [6, 6.07) is 7.75. The third-order valence-corrected chi connectivity index (χ3v) is 3.77. The average Bonchev–Trinajstić information content (AvgIpc) is 2.61. The largest absolute Gasteiger partial charge is 0.490 e. The van der Waals surface area contributed by atoms with E-state index in [-0.39, 0.29) is 0 Å². The Bertz CT molecular complexity index is 680. The summed E-state index contributed by atoms with van der Waals surface area (Å²) in [5.41, 5.74) is 2.14. The molecule has 0 fully saturated rings. The van der Waals surface area contributed by atoms with Gasteiger partial charge in [-0.25, -0.2) is 4.98 Å². The maximum absolute atomic E-state index is 6.38. The summed E-state index contributed by atoms with van der Waals surface area (Å²) in [6.07, 6.45) is 2.65. The van der Waals surface area contributed by atoms with Crippen molar-refractivity contribution < 1.29 is 14.2 Å². The van der Waals surface area contributed by atoms with Crippen molar-refractivity contribution in [3.63, 3.8) is 0 Å². The van der Waals surface area contributed by atoms with Crippen LogP contribution in [0.1, 0.15) is 31.4 Å². The zero-order valence-corrected chi connectivity index (χ0v) is 15.7. The minimum atomic E-state index is 0.562. The Morgan fingerprint density at radius 1 is 1.08 bits per heavy atom. The summed E-state index contributed by atoms with van der Waals surface area (Å²) < 4.78 is 16.6. The first-order valence-electron chi connectivity index (χ1n) is 8.45. The fourth-order valence-electron chi connectivity index (χ4n) is 2.35. The van der Waals surface area contributed by atoms with Gasteiger partial charge in [0.25, 0.3) is 0 Å². The molecular formula is C19H25ClN2O3. The molecule has 1 heterocycles. The molecule has 0 atom stereocenters. The normalized spacial score (nSPS) is 10.6.